The number of rotatable bonds is 8. The van der Waals surface area contributed by atoms with E-state index in [1.54, 1.807) is 0 Å². The minimum absolute atomic E-state index is 0.0760. The number of carbonyl (C=O) groups is 1. The minimum Gasteiger partial charge on any atom is -0.485 e. The van der Waals surface area contributed by atoms with Gasteiger partial charge >= 0.3 is 0 Å². The first-order valence-electron chi connectivity index (χ1n) is 10.1. The topological polar surface area (TPSA) is 69.0 Å². The highest BCUT2D eigenvalue weighted by Gasteiger charge is 2.23. The Hall–Kier alpha value is -2.02. The van der Waals surface area contributed by atoms with Gasteiger partial charge in [0, 0.05) is 12.6 Å². The summed E-state index contributed by atoms with van der Waals surface area (Å²) >= 11 is 1.44. The van der Waals surface area contributed by atoms with Crippen molar-refractivity contribution in [1.29, 1.82) is 0 Å². The molecular weight excluding hydrogens is 372 g/mol. The smallest absolute Gasteiger partial charge is 0.230 e. The Morgan fingerprint density at radius 3 is 2.82 bits per heavy atom. The molecule has 0 radical (unpaired) electrons. The Kier molecular flexibility index (Phi) is 7.36. The second-order valence-electron chi connectivity index (χ2n) is 7.42. The van der Waals surface area contributed by atoms with E-state index in [2.05, 4.69) is 29.4 Å². The van der Waals surface area contributed by atoms with E-state index in [0.29, 0.717) is 24.3 Å². The molecule has 1 N–H and O–H groups in total. The molecular formula is C21H30N4O2S. The summed E-state index contributed by atoms with van der Waals surface area (Å²) in [6, 6.07) is 8.23. The Labute approximate surface area is 171 Å². The zero-order valence-corrected chi connectivity index (χ0v) is 17.8. The molecule has 0 spiro atoms. The van der Waals surface area contributed by atoms with Crippen molar-refractivity contribution in [1.82, 2.24) is 20.1 Å². The lowest BCUT2D eigenvalue weighted by Crippen LogP contribution is -2.41. The van der Waals surface area contributed by atoms with Gasteiger partial charge < -0.3 is 14.6 Å². The van der Waals surface area contributed by atoms with Crippen LogP contribution in [0, 0.1) is 12.8 Å². The molecule has 28 heavy (non-hydrogen) atoms. The number of amides is 1. The molecule has 2 atom stereocenters. The fourth-order valence-electron chi connectivity index (χ4n) is 3.62. The van der Waals surface area contributed by atoms with Crippen molar-refractivity contribution in [3.05, 3.63) is 35.7 Å². The molecule has 6 nitrogen and oxygen atoms in total. The number of nitrogens with zero attached hydrogens (tertiary/aromatic N) is 3. The molecule has 152 valence electrons. The van der Waals surface area contributed by atoms with Crippen LogP contribution < -0.4 is 10.1 Å². The average Bonchev–Trinajstić information content (AvgIpc) is 3.09. The monoisotopic (exact) mass is 402 g/mol. The molecule has 1 amide bonds. The number of hydrogen-bond acceptors (Lipinski definition) is 5. The molecule has 1 aliphatic carbocycles. The summed E-state index contributed by atoms with van der Waals surface area (Å²) in [6.45, 7) is 7.40. The number of carbonyl (C=O) groups excluding carboxylic acids is 1. The summed E-state index contributed by atoms with van der Waals surface area (Å²) in [5, 5.41) is 12.5. The molecule has 0 unspecified atom stereocenters. The molecule has 2 aromatic rings. The molecule has 1 heterocycles. The summed E-state index contributed by atoms with van der Waals surface area (Å²) in [5.41, 5.74) is 1.09. The normalized spacial score (nSPS) is 19.4. The van der Waals surface area contributed by atoms with E-state index in [9.17, 15) is 4.79 Å². The first-order valence-corrected chi connectivity index (χ1v) is 11.1. The molecule has 0 aliphatic heterocycles. The molecule has 1 aromatic heterocycles. The number of thioether (sulfide) groups is 1. The molecule has 0 saturated heterocycles. The first kappa shape index (κ1) is 20.7. The van der Waals surface area contributed by atoms with Gasteiger partial charge in [0.25, 0.3) is 0 Å². The van der Waals surface area contributed by atoms with Crippen molar-refractivity contribution in [2.24, 2.45) is 5.92 Å². The standard InChI is InChI=1S/C21H30N4O2S/c1-4-25-19(13-27-18-12-8-6-10-16(18)3)23-24-21(25)28-14-20(26)22-17-11-7-5-9-15(17)2/h6,8,10,12,15,17H,4-5,7,9,11,13-14H2,1-3H3,(H,22,26)/t15-,17-/m0/s1. The van der Waals surface area contributed by atoms with Crippen LogP contribution in [0.15, 0.2) is 29.4 Å². The third kappa shape index (κ3) is 5.28. The predicted octanol–water partition coefficient (Wildman–Crippen LogP) is 3.97. The van der Waals surface area contributed by atoms with E-state index in [-0.39, 0.29) is 5.91 Å². The van der Waals surface area contributed by atoms with Crippen LogP contribution in [-0.2, 0) is 17.9 Å². The van der Waals surface area contributed by atoms with Gasteiger partial charge in [-0.15, -0.1) is 10.2 Å². The Morgan fingerprint density at radius 1 is 1.29 bits per heavy atom. The van der Waals surface area contributed by atoms with Crippen LogP contribution in [0.4, 0.5) is 0 Å². The van der Waals surface area contributed by atoms with Gasteiger partial charge in [0.2, 0.25) is 5.91 Å². The SMILES string of the molecule is CCn1c(COc2ccccc2C)nnc1SCC(=O)N[C@H]1CCCC[C@@H]1C. The van der Waals surface area contributed by atoms with Gasteiger partial charge in [0.15, 0.2) is 11.0 Å². The zero-order chi connectivity index (χ0) is 19.9. The van der Waals surface area contributed by atoms with Crippen LogP contribution >= 0.6 is 11.8 Å². The third-order valence-electron chi connectivity index (χ3n) is 5.35. The maximum atomic E-state index is 12.4. The summed E-state index contributed by atoms with van der Waals surface area (Å²) in [6.07, 6.45) is 4.77. The van der Waals surface area contributed by atoms with Crippen molar-refractivity contribution in [3.8, 4) is 5.75 Å². The van der Waals surface area contributed by atoms with Crippen molar-refractivity contribution >= 4 is 17.7 Å². The van der Waals surface area contributed by atoms with E-state index in [1.807, 2.05) is 35.8 Å². The lowest BCUT2D eigenvalue weighted by molar-refractivity contribution is -0.119. The highest BCUT2D eigenvalue weighted by Crippen LogP contribution is 2.24. The third-order valence-corrected chi connectivity index (χ3v) is 6.32. The van der Waals surface area contributed by atoms with Gasteiger partial charge in [-0.1, -0.05) is 49.7 Å². The quantitative estimate of drug-likeness (QED) is 0.677. The summed E-state index contributed by atoms with van der Waals surface area (Å²) in [7, 11) is 0. The van der Waals surface area contributed by atoms with Crippen molar-refractivity contribution in [3.63, 3.8) is 0 Å². The number of benzene rings is 1. The zero-order valence-electron chi connectivity index (χ0n) is 17.0. The van der Waals surface area contributed by atoms with E-state index < -0.39 is 0 Å². The Balaban J connectivity index is 1.54. The Morgan fingerprint density at radius 2 is 2.07 bits per heavy atom. The number of ether oxygens (including phenoxy) is 1. The number of aryl methyl sites for hydroxylation is 1. The van der Waals surface area contributed by atoms with Gasteiger partial charge in [-0.3, -0.25) is 4.79 Å². The van der Waals surface area contributed by atoms with Crippen LogP contribution in [0.25, 0.3) is 0 Å². The van der Waals surface area contributed by atoms with Gasteiger partial charge in [0.05, 0.1) is 5.75 Å². The van der Waals surface area contributed by atoms with Crippen LogP contribution in [-0.4, -0.2) is 32.5 Å². The second kappa shape index (κ2) is 9.96. The predicted molar refractivity (Wildman–Crippen MR) is 111 cm³/mol. The molecule has 1 saturated carbocycles. The lowest BCUT2D eigenvalue weighted by Gasteiger charge is -2.29. The maximum Gasteiger partial charge on any atom is 0.230 e. The minimum atomic E-state index is 0.0760. The van der Waals surface area contributed by atoms with Crippen molar-refractivity contribution < 1.29 is 9.53 Å². The van der Waals surface area contributed by atoms with E-state index >= 15 is 0 Å². The first-order chi connectivity index (χ1) is 13.6. The summed E-state index contributed by atoms with van der Waals surface area (Å²) in [4.78, 5) is 12.4. The molecule has 7 heteroatoms. The van der Waals surface area contributed by atoms with Crippen molar-refractivity contribution in [2.75, 3.05) is 5.75 Å². The van der Waals surface area contributed by atoms with E-state index in [4.69, 9.17) is 4.74 Å². The van der Waals surface area contributed by atoms with Crippen LogP contribution in [0.2, 0.25) is 0 Å². The maximum absolute atomic E-state index is 12.4. The summed E-state index contributed by atoms with van der Waals surface area (Å²) in [5.74, 6) is 2.62. The summed E-state index contributed by atoms with van der Waals surface area (Å²) < 4.78 is 7.92. The van der Waals surface area contributed by atoms with Crippen LogP contribution in [0.5, 0.6) is 5.75 Å². The number of hydrogen-bond donors (Lipinski definition) is 1. The van der Waals surface area contributed by atoms with Gasteiger partial charge in [-0.2, -0.15) is 0 Å². The number of para-hydroxylation sites is 1. The molecule has 0 bridgehead atoms. The molecule has 1 fully saturated rings. The van der Waals surface area contributed by atoms with Gasteiger partial charge in [-0.05, 0) is 44.2 Å². The molecule has 3 rings (SSSR count). The van der Waals surface area contributed by atoms with Gasteiger partial charge in [0.1, 0.15) is 12.4 Å². The average molecular weight is 403 g/mol. The fraction of sp³-hybridized carbons (Fsp3) is 0.571. The fourth-order valence-corrected chi connectivity index (χ4v) is 4.45. The van der Waals surface area contributed by atoms with Gasteiger partial charge in [-0.25, -0.2) is 0 Å². The number of aromatic nitrogens is 3. The van der Waals surface area contributed by atoms with Crippen LogP contribution in [0.3, 0.4) is 0 Å². The Bertz CT molecular complexity index is 792. The van der Waals surface area contributed by atoms with E-state index in [1.165, 1.54) is 31.0 Å². The second-order valence-corrected chi connectivity index (χ2v) is 8.36. The lowest BCUT2D eigenvalue weighted by atomic mass is 9.86. The largest absolute Gasteiger partial charge is 0.485 e. The molecule has 1 aromatic carbocycles. The van der Waals surface area contributed by atoms with Crippen molar-refractivity contribution in [2.45, 2.75) is 70.8 Å². The van der Waals surface area contributed by atoms with Crippen LogP contribution in [0.1, 0.15) is 50.9 Å². The highest BCUT2D eigenvalue weighted by atomic mass is 32.2. The number of nitrogens with one attached hydrogen (secondary N) is 1. The molecule has 1 aliphatic rings. The highest BCUT2D eigenvalue weighted by molar-refractivity contribution is 7.99. The van der Waals surface area contributed by atoms with E-state index in [0.717, 1.165) is 35.3 Å².